The van der Waals surface area contributed by atoms with Crippen LogP contribution < -0.4 is 10.6 Å². The molecule has 3 rings (SSSR count). The summed E-state index contributed by atoms with van der Waals surface area (Å²) in [7, 11) is 1.85. The molecular weight excluding hydrogens is 497 g/mol. The molecule has 7 nitrogen and oxygen atoms in total. The van der Waals surface area contributed by atoms with Gasteiger partial charge in [-0.15, -0.1) is 0 Å². The van der Waals surface area contributed by atoms with Gasteiger partial charge >= 0.3 is 6.09 Å². The standard InChI is InChI=1S/C28H37ClFN3O4/c1-19-15-20(17-22(30)16-19)26-23(8-3-9-24(26)29)28(37,11-6-13-32-27(35)36)21-7-5-14-33(18-21)25(34)10-4-12-31-2/h3,8-9,15-17,21,31-32,37H,4-7,10-14,18H2,1-2H3,(H,35,36)/t21-,28+/m1/s1. The highest BCUT2D eigenvalue weighted by molar-refractivity contribution is 6.33. The zero-order valence-electron chi connectivity index (χ0n) is 21.5. The molecule has 0 unspecified atom stereocenters. The van der Waals surface area contributed by atoms with E-state index in [1.165, 1.54) is 12.1 Å². The van der Waals surface area contributed by atoms with Gasteiger partial charge in [0.1, 0.15) is 5.82 Å². The van der Waals surface area contributed by atoms with Gasteiger partial charge in [-0.25, -0.2) is 9.18 Å². The summed E-state index contributed by atoms with van der Waals surface area (Å²) in [6.45, 7) is 3.74. The zero-order valence-corrected chi connectivity index (χ0v) is 22.3. The molecule has 37 heavy (non-hydrogen) atoms. The summed E-state index contributed by atoms with van der Waals surface area (Å²) < 4.78 is 14.4. The second-order valence-corrected chi connectivity index (χ2v) is 10.2. The molecule has 2 atom stereocenters. The maximum Gasteiger partial charge on any atom is 0.404 e. The Hall–Kier alpha value is -2.68. The Morgan fingerprint density at radius 3 is 2.70 bits per heavy atom. The van der Waals surface area contributed by atoms with Gasteiger partial charge in [0.05, 0.1) is 5.60 Å². The van der Waals surface area contributed by atoms with E-state index in [1.54, 1.807) is 25.1 Å². The first-order valence-corrected chi connectivity index (χ1v) is 13.2. The molecule has 0 spiro atoms. The molecular formula is C28H37ClFN3O4. The number of benzene rings is 2. The molecule has 2 aromatic carbocycles. The number of aryl methyl sites for hydroxylation is 1. The Morgan fingerprint density at radius 1 is 1.22 bits per heavy atom. The van der Waals surface area contributed by atoms with Crippen molar-refractivity contribution in [3.8, 4) is 11.1 Å². The third-order valence-corrected chi connectivity index (χ3v) is 7.40. The van der Waals surface area contributed by atoms with Crippen molar-refractivity contribution in [2.45, 2.75) is 51.0 Å². The minimum Gasteiger partial charge on any atom is -0.465 e. The van der Waals surface area contributed by atoms with Gasteiger partial charge in [-0.2, -0.15) is 0 Å². The predicted molar refractivity (Wildman–Crippen MR) is 143 cm³/mol. The number of carbonyl (C=O) groups excluding carboxylic acids is 1. The molecule has 0 bridgehead atoms. The van der Waals surface area contributed by atoms with E-state index in [2.05, 4.69) is 10.6 Å². The molecule has 4 N–H and O–H groups in total. The number of rotatable bonds is 11. The van der Waals surface area contributed by atoms with Crippen LogP contribution >= 0.6 is 11.6 Å². The van der Waals surface area contributed by atoms with Crippen LogP contribution in [-0.2, 0) is 10.4 Å². The van der Waals surface area contributed by atoms with Crippen LogP contribution in [0.15, 0.2) is 36.4 Å². The third kappa shape index (κ3) is 7.43. The lowest BCUT2D eigenvalue weighted by Gasteiger charge is -2.44. The van der Waals surface area contributed by atoms with E-state index in [0.717, 1.165) is 24.9 Å². The lowest BCUT2D eigenvalue weighted by Crippen LogP contribution is -2.48. The largest absolute Gasteiger partial charge is 0.465 e. The number of piperidine rings is 1. The Bertz CT molecular complexity index is 1080. The lowest BCUT2D eigenvalue weighted by molar-refractivity contribution is -0.136. The Morgan fingerprint density at radius 2 is 2.00 bits per heavy atom. The number of nitrogens with zero attached hydrogens (tertiary/aromatic N) is 1. The van der Waals surface area contributed by atoms with Crippen molar-refractivity contribution in [2.24, 2.45) is 5.92 Å². The zero-order chi connectivity index (χ0) is 27.0. The van der Waals surface area contributed by atoms with Crippen molar-refractivity contribution in [2.75, 3.05) is 33.2 Å². The van der Waals surface area contributed by atoms with Gasteiger partial charge in [0.25, 0.3) is 0 Å². The molecule has 202 valence electrons. The van der Waals surface area contributed by atoms with E-state index in [9.17, 15) is 19.1 Å². The van der Waals surface area contributed by atoms with Crippen LogP contribution in [0.4, 0.5) is 9.18 Å². The number of carboxylic acid groups (broad SMARTS) is 1. The average Bonchev–Trinajstić information content (AvgIpc) is 2.85. The molecule has 1 aliphatic rings. The maximum atomic E-state index is 14.4. The summed E-state index contributed by atoms with van der Waals surface area (Å²) in [5, 5.41) is 27.2. The maximum absolute atomic E-state index is 14.4. The Kier molecular flexibility index (Phi) is 10.3. The minimum atomic E-state index is -1.41. The van der Waals surface area contributed by atoms with Crippen LogP contribution in [0, 0.1) is 18.7 Å². The number of halogens is 2. The van der Waals surface area contributed by atoms with Crippen molar-refractivity contribution in [1.29, 1.82) is 0 Å². The van der Waals surface area contributed by atoms with Gasteiger partial charge in [0.15, 0.2) is 0 Å². The van der Waals surface area contributed by atoms with Crippen LogP contribution in [0.1, 0.15) is 49.7 Å². The smallest absolute Gasteiger partial charge is 0.404 e. The molecule has 2 aromatic rings. The lowest BCUT2D eigenvalue weighted by atomic mass is 9.72. The van der Waals surface area contributed by atoms with Crippen molar-refractivity contribution in [3.63, 3.8) is 0 Å². The highest BCUT2D eigenvalue weighted by Gasteiger charge is 2.42. The van der Waals surface area contributed by atoms with Gasteiger partial charge in [0, 0.05) is 42.6 Å². The number of carbonyl (C=O) groups is 2. The number of aliphatic hydroxyl groups is 1. The quantitative estimate of drug-likeness (QED) is 0.307. The summed E-state index contributed by atoms with van der Waals surface area (Å²) >= 11 is 6.67. The highest BCUT2D eigenvalue weighted by atomic mass is 35.5. The fourth-order valence-corrected chi connectivity index (χ4v) is 5.62. The van der Waals surface area contributed by atoms with Crippen molar-refractivity contribution in [3.05, 3.63) is 58.4 Å². The van der Waals surface area contributed by atoms with E-state index in [4.69, 9.17) is 16.7 Å². The molecule has 9 heteroatoms. The monoisotopic (exact) mass is 533 g/mol. The van der Waals surface area contributed by atoms with E-state index in [1.807, 2.05) is 18.0 Å². The molecule has 0 aliphatic carbocycles. The Balaban J connectivity index is 2.01. The van der Waals surface area contributed by atoms with Crippen molar-refractivity contribution in [1.82, 2.24) is 15.5 Å². The Labute approximate surface area is 223 Å². The molecule has 0 radical (unpaired) electrons. The first-order chi connectivity index (χ1) is 17.7. The first-order valence-electron chi connectivity index (χ1n) is 12.8. The second-order valence-electron chi connectivity index (χ2n) is 9.83. The van der Waals surface area contributed by atoms with Crippen LogP contribution in [0.2, 0.25) is 5.02 Å². The molecule has 1 aliphatic heterocycles. The van der Waals surface area contributed by atoms with Gasteiger partial charge in [0.2, 0.25) is 5.91 Å². The predicted octanol–water partition coefficient (Wildman–Crippen LogP) is 4.93. The van der Waals surface area contributed by atoms with E-state index in [-0.39, 0.29) is 24.8 Å². The third-order valence-electron chi connectivity index (χ3n) is 7.09. The van der Waals surface area contributed by atoms with Gasteiger partial charge < -0.3 is 25.7 Å². The van der Waals surface area contributed by atoms with Crippen LogP contribution in [0.3, 0.4) is 0 Å². The fourth-order valence-electron chi connectivity index (χ4n) is 5.34. The highest BCUT2D eigenvalue weighted by Crippen LogP contribution is 2.45. The number of hydrogen-bond acceptors (Lipinski definition) is 4. The molecule has 1 saturated heterocycles. The normalized spacial score (nSPS) is 17.3. The number of amides is 2. The first kappa shape index (κ1) is 28.9. The van der Waals surface area contributed by atoms with Gasteiger partial charge in [-0.3, -0.25) is 4.79 Å². The van der Waals surface area contributed by atoms with E-state index < -0.39 is 17.5 Å². The SMILES string of the molecule is CNCCCC(=O)N1CCC[C@@H]([C@@](O)(CCCNC(=O)O)c2cccc(Cl)c2-c2cc(C)cc(F)c2)C1. The summed E-state index contributed by atoms with van der Waals surface area (Å²) in [4.78, 5) is 25.7. The van der Waals surface area contributed by atoms with Crippen LogP contribution in [-0.4, -0.2) is 60.3 Å². The number of nitrogens with one attached hydrogen (secondary N) is 2. The van der Waals surface area contributed by atoms with E-state index >= 15 is 0 Å². The summed E-state index contributed by atoms with van der Waals surface area (Å²) in [5.74, 6) is -0.640. The average molecular weight is 534 g/mol. The molecule has 0 saturated carbocycles. The van der Waals surface area contributed by atoms with Gasteiger partial charge in [-0.05, 0) is 87.5 Å². The summed E-state index contributed by atoms with van der Waals surface area (Å²) in [6, 6.07) is 9.95. The van der Waals surface area contributed by atoms with Crippen LogP contribution in [0.5, 0.6) is 0 Å². The van der Waals surface area contributed by atoms with Gasteiger partial charge in [-0.1, -0.05) is 29.8 Å². The van der Waals surface area contributed by atoms with Crippen molar-refractivity contribution < 1.29 is 24.2 Å². The molecule has 1 fully saturated rings. The fraction of sp³-hybridized carbons (Fsp3) is 0.500. The number of likely N-dealkylation sites (tertiary alicyclic amines) is 1. The van der Waals surface area contributed by atoms with Crippen molar-refractivity contribution >= 4 is 23.6 Å². The van der Waals surface area contributed by atoms with Crippen LogP contribution in [0.25, 0.3) is 11.1 Å². The molecule has 0 aromatic heterocycles. The second kappa shape index (κ2) is 13.2. The number of hydrogen-bond donors (Lipinski definition) is 4. The molecule has 2 amide bonds. The topological polar surface area (TPSA) is 102 Å². The minimum absolute atomic E-state index is 0.0573. The van der Waals surface area contributed by atoms with E-state index in [0.29, 0.717) is 54.1 Å². The summed E-state index contributed by atoms with van der Waals surface area (Å²) in [5.41, 5.74) is 1.000. The molecule has 1 heterocycles. The summed E-state index contributed by atoms with van der Waals surface area (Å²) in [6.07, 6.45) is 2.10.